The first-order valence-corrected chi connectivity index (χ1v) is 11.2. The summed E-state index contributed by atoms with van der Waals surface area (Å²) in [5.41, 5.74) is 1.42. The smallest absolute Gasteiger partial charge is 0.337 e. The van der Waals surface area contributed by atoms with Gasteiger partial charge in [-0.3, -0.25) is 9.36 Å². The van der Waals surface area contributed by atoms with E-state index in [9.17, 15) is 9.59 Å². The largest absolute Gasteiger partial charge is 0.494 e. The Labute approximate surface area is 181 Å². The van der Waals surface area contributed by atoms with Crippen LogP contribution in [0.1, 0.15) is 22.6 Å². The average molecular weight is 441 g/mol. The van der Waals surface area contributed by atoms with E-state index in [1.807, 2.05) is 29.8 Å². The van der Waals surface area contributed by atoms with E-state index in [-0.39, 0.29) is 11.5 Å². The number of fused-ring (bicyclic) bond motifs is 1. The second-order valence-corrected chi connectivity index (χ2v) is 8.45. The highest BCUT2D eigenvalue weighted by atomic mass is 32.1. The van der Waals surface area contributed by atoms with Gasteiger partial charge >= 0.3 is 5.97 Å². The molecule has 8 heteroatoms. The van der Waals surface area contributed by atoms with Crippen LogP contribution in [0.15, 0.2) is 52.0 Å². The zero-order chi connectivity index (χ0) is 21.1. The first-order chi connectivity index (χ1) is 14.6. The number of thiophene rings is 2. The van der Waals surface area contributed by atoms with E-state index in [4.69, 9.17) is 4.74 Å². The molecule has 0 aliphatic heterocycles. The van der Waals surface area contributed by atoms with Gasteiger partial charge < -0.3 is 9.47 Å². The van der Waals surface area contributed by atoms with Crippen molar-refractivity contribution in [1.82, 2.24) is 9.55 Å². The maximum absolute atomic E-state index is 13.2. The summed E-state index contributed by atoms with van der Waals surface area (Å²) < 4.78 is 12.2. The number of aromatic nitrogens is 2. The van der Waals surface area contributed by atoms with Crippen LogP contribution in [-0.2, 0) is 11.3 Å². The fraction of sp³-hybridized carbons (Fsp3) is 0.227. The first-order valence-electron chi connectivity index (χ1n) is 9.42. The number of hydrogen-bond donors (Lipinski definition) is 0. The highest BCUT2D eigenvalue weighted by Crippen LogP contribution is 2.33. The molecule has 0 radical (unpaired) electrons. The third-order valence-corrected chi connectivity index (χ3v) is 6.52. The number of carbonyl (C=O) groups is 1. The van der Waals surface area contributed by atoms with Crippen molar-refractivity contribution < 1.29 is 14.3 Å². The van der Waals surface area contributed by atoms with Crippen LogP contribution >= 0.6 is 22.7 Å². The quantitative estimate of drug-likeness (QED) is 0.306. The molecule has 0 atom stereocenters. The van der Waals surface area contributed by atoms with Gasteiger partial charge in [0.05, 0.1) is 24.7 Å². The number of hydrogen-bond acceptors (Lipinski definition) is 7. The molecule has 154 valence electrons. The van der Waals surface area contributed by atoms with Crippen LogP contribution in [0.3, 0.4) is 0 Å². The minimum absolute atomic E-state index is 0.00965. The van der Waals surface area contributed by atoms with Gasteiger partial charge in [-0.05, 0) is 49.1 Å². The fourth-order valence-corrected chi connectivity index (χ4v) is 5.02. The van der Waals surface area contributed by atoms with Crippen LogP contribution in [0.5, 0.6) is 5.75 Å². The third kappa shape index (κ3) is 4.01. The minimum atomic E-state index is -0.380. The van der Waals surface area contributed by atoms with Crippen molar-refractivity contribution in [2.45, 2.75) is 19.9 Å². The van der Waals surface area contributed by atoms with Gasteiger partial charge in [-0.1, -0.05) is 6.07 Å². The SMILES string of the molecule is COC(=O)c1ccc(OCCCn2c(C)nc3scc(-c4cccs4)c3c2=O)cc1. The van der Waals surface area contributed by atoms with Gasteiger partial charge in [0.1, 0.15) is 16.4 Å². The van der Waals surface area contributed by atoms with Gasteiger partial charge in [-0.15, -0.1) is 22.7 Å². The van der Waals surface area contributed by atoms with Gasteiger partial charge in [-0.25, -0.2) is 9.78 Å². The highest BCUT2D eigenvalue weighted by Gasteiger charge is 2.16. The lowest BCUT2D eigenvalue weighted by Gasteiger charge is -2.11. The predicted molar refractivity (Wildman–Crippen MR) is 120 cm³/mol. The molecule has 3 aromatic heterocycles. The monoisotopic (exact) mass is 440 g/mol. The lowest BCUT2D eigenvalue weighted by atomic mass is 10.2. The molecule has 0 fully saturated rings. The molecule has 0 N–H and O–H groups in total. The number of carbonyl (C=O) groups excluding carboxylic acids is 1. The molecule has 4 rings (SSSR count). The lowest BCUT2D eigenvalue weighted by molar-refractivity contribution is 0.0600. The van der Waals surface area contributed by atoms with E-state index in [1.165, 1.54) is 18.4 Å². The second kappa shape index (κ2) is 8.81. The van der Waals surface area contributed by atoms with E-state index >= 15 is 0 Å². The number of methoxy groups -OCH3 is 1. The van der Waals surface area contributed by atoms with Crippen LogP contribution in [0.4, 0.5) is 0 Å². The predicted octanol–water partition coefficient (Wildman–Crippen LogP) is 4.75. The molecule has 0 saturated carbocycles. The van der Waals surface area contributed by atoms with Crippen molar-refractivity contribution in [2.75, 3.05) is 13.7 Å². The van der Waals surface area contributed by atoms with Gasteiger partial charge in [0.25, 0.3) is 5.56 Å². The Kier molecular flexibility index (Phi) is 5.96. The van der Waals surface area contributed by atoms with Gasteiger partial charge in [-0.2, -0.15) is 0 Å². The highest BCUT2D eigenvalue weighted by molar-refractivity contribution is 7.18. The average Bonchev–Trinajstić information content (AvgIpc) is 3.42. The van der Waals surface area contributed by atoms with Crippen LogP contribution in [0.25, 0.3) is 20.7 Å². The molecule has 0 amide bonds. The minimum Gasteiger partial charge on any atom is -0.494 e. The lowest BCUT2D eigenvalue weighted by Crippen LogP contribution is -2.24. The number of nitrogens with zero attached hydrogens (tertiary/aromatic N) is 2. The summed E-state index contributed by atoms with van der Waals surface area (Å²) in [4.78, 5) is 31.1. The first kappa shape index (κ1) is 20.3. The van der Waals surface area contributed by atoms with Crippen molar-refractivity contribution in [3.05, 3.63) is 68.9 Å². The molecule has 3 heterocycles. The standard InChI is InChI=1S/C22H20N2O4S2/c1-14-23-20-19(17(13-30-20)18-5-3-12-29-18)21(25)24(14)10-4-11-28-16-8-6-15(7-9-16)22(26)27-2/h3,5-9,12-13H,4,10-11H2,1-2H3. The second-order valence-electron chi connectivity index (χ2n) is 6.64. The van der Waals surface area contributed by atoms with Crippen molar-refractivity contribution >= 4 is 38.9 Å². The maximum atomic E-state index is 13.2. The summed E-state index contributed by atoms with van der Waals surface area (Å²) in [5.74, 6) is 0.988. The molecule has 0 bridgehead atoms. The van der Waals surface area contributed by atoms with Gasteiger partial charge in [0.15, 0.2) is 0 Å². The number of ether oxygens (including phenoxy) is 2. The number of esters is 1. The van der Waals surface area contributed by atoms with Gasteiger partial charge in [0.2, 0.25) is 0 Å². The Hall–Kier alpha value is -2.97. The maximum Gasteiger partial charge on any atom is 0.337 e. The summed E-state index contributed by atoms with van der Waals surface area (Å²) in [6, 6.07) is 10.8. The molecule has 0 saturated heterocycles. The van der Waals surface area contributed by atoms with E-state index in [0.717, 1.165) is 15.3 Å². The molecule has 6 nitrogen and oxygen atoms in total. The normalized spacial score (nSPS) is 11.0. The van der Waals surface area contributed by atoms with E-state index in [1.54, 1.807) is 40.2 Å². The zero-order valence-corrected chi connectivity index (χ0v) is 18.2. The van der Waals surface area contributed by atoms with Crippen LogP contribution in [0, 0.1) is 6.92 Å². The van der Waals surface area contributed by atoms with E-state index in [2.05, 4.69) is 9.72 Å². The Bertz CT molecular complexity index is 1220. The molecule has 0 aliphatic rings. The molecule has 4 aromatic rings. The molecule has 30 heavy (non-hydrogen) atoms. The molecule has 0 unspecified atom stereocenters. The summed E-state index contributed by atoms with van der Waals surface area (Å²) in [6.45, 7) is 2.83. The third-order valence-electron chi connectivity index (χ3n) is 4.74. The number of aryl methyl sites for hydroxylation is 1. The molecule has 0 spiro atoms. The van der Waals surface area contributed by atoms with Crippen LogP contribution < -0.4 is 10.3 Å². The Morgan fingerprint density at radius 1 is 1.17 bits per heavy atom. The Morgan fingerprint density at radius 3 is 2.67 bits per heavy atom. The molecule has 1 aromatic carbocycles. The molecular weight excluding hydrogens is 420 g/mol. The van der Waals surface area contributed by atoms with Crippen molar-refractivity contribution in [3.8, 4) is 16.2 Å². The van der Waals surface area contributed by atoms with Crippen molar-refractivity contribution in [3.63, 3.8) is 0 Å². The van der Waals surface area contributed by atoms with E-state index < -0.39 is 0 Å². The molecular formula is C22H20N2O4S2. The fourth-order valence-electron chi connectivity index (χ4n) is 3.22. The Balaban J connectivity index is 1.46. The van der Waals surface area contributed by atoms with Crippen molar-refractivity contribution in [2.24, 2.45) is 0 Å². The Morgan fingerprint density at radius 2 is 1.97 bits per heavy atom. The summed E-state index contributed by atoms with van der Waals surface area (Å²) >= 11 is 3.12. The summed E-state index contributed by atoms with van der Waals surface area (Å²) in [7, 11) is 1.35. The van der Waals surface area contributed by atoms with Crippen LogP contribution in [-0.4, -0.2) is 29.2 Å². The summed E-state index contributed by atoms with van der Waals surface area (Å²) in [6.07, 6.45) is 0.658. The molecule has 0 aliphatic carbocycles. The number of benzene rings is 1. The number of rotatable bonds is 7. The van der Waals surface area contributed by atoms with E-state index in [0.29, 0.717) is 42.1 Å². The van der Waals surface area contributed by atoms with Gasteiger partial charge in [0, 0.05) is 22.4 Å². The zero-order valence-electron chi connectivity index (χ0n) is 16.6. The van der Waals surface area contributed by atoms with Crippen LogP contribution in [0.2, 0.25) is 0 Å². The topological polar surface area (TPSA) is 70.4 Å². The van der Waals surface area contributed by atoms with Crippen molar-refractivity contribution in [1.29, 1.82) is 0 Å². The summed E-state index contributed by atoms with van der Waals surface area (Å²) in [5, 5.41) is 4.71.